The molecule has 0 aromatic carbocycles. The molecule has 1 heterocycles. The number of nitrogens with zero attached hydrogens (tertiary/aromatic N) is 1. The maximum Gasteiger partial charge on any atom is 0.0299 e. The van der Waals surface area contributed by atoms with E-state index in [1.54, 1.807) is 0 Å². The van der Waals surface area contributed by atoms with Gasteiger partial charge in [0, 0.05) is 12.4 Å². The molecule has 1 heteroatoms. The lowest BCUT2D eigenvalue weighted by atomic mass is 9.79. The highest BCUT2D eigenvalue weighted by Crippen LogP contribution is 2.29. The lowest BCUT2D eigenvalue weighted by Gasteiger charge is -2.26. The molecule has 13 heavy (non-hydrogen) atoms. The zero-order valence-electron chi connectivity index (χ0n) is 9.09. The Morgan fingerprint density at radius 1 is 1.38 bits per heavy atom. The minimum atomic E-state index is 0.293. The SMILES string of the molecule is CCCC(C)(C)c1ccncc1C. The van der Waals surface area contributed by atoms with Crippen LogP contribution in [0.15, 0.2) is 18.5 Å². The molecule has 72 valence electrons. The summed E-state index contributed by atoms with van der Waals surface area (Å²) in [6.45, 7) is 8.98. The van der Waals surface area contributed by atoms with E-state index in [0.717, 1.165) is 0 Å². The van der Waals surface area contributed by atoms with Crippen molar-refractivity contribution in [2.24, 2.45) is 0 Å². The molecule has 0 spiro atoms. The van der Waals surface area contributed by atoms with Gasteiger partial charge in [-0.15, -0.1) is 0 Å². The third-order valence-electron chi connectivity index (χ3n) is 2.62. The first kappa shape index (κ1) is 10.2. The summed E-state index contributed by atoms with van der Waals surface area (Å²) >= 11 is 0. The van der Waals surface area contributed by atoms with Gasteiger partial charge in [0.2, 0.25) is 0 Å². The standard InChI is InChI=1S/C12H19N/c1-5-7-12(3,4)11-6-8-13-9-10(11)2/h6,8-9H,5,7H2,1-4H3. The van der Waals surface area contributed by atoms with Crippen molar-refractivity contribution >= 4 is 0 Å². The van der Waals surface area contributed by atoms with Crippen molar-refractivity contribution in [3.05, 3.63) is 29.6 Å². The first-order valence-corrected chi connectivity index (χ1v) is 4.99. The van der Waals surface area contributed by atoms with E-state index in [-0.39, 0.29) is 0 Å². The van der Waals surface area contributed by atoms with Gasteiger partial charge in [-0.1, -0.05) is 27.2 Å². The van der Waals surface area contributed by atoms with E-state index in [4.69, 9.17) is 0 Å². The van der Waals surface area contributed by atoms with Crippen LogP contribution in [0, 0.1) is 6.92 Å². The number of rotatable bonds is 3. The highest BCUT2D eigenvalue weighted by atomic mass is 14.6. The van der Waals surface area contributed by atoms with Crippen molar-refractivity contribution < 1.29 is 0 Å². The van der Waals surface area contributed by atoms with E-state index in [1.165, 1.54) is 24.0 Å². The first-order valence-electron chi connectivity index (χ1n) is 4.99. The van der Waals surface area contributed by atoms with Crippen molar-refractivity contribution in [1.82, 2.24) is 4.98 Å². The molecule has 0 unspecified atom stereocenters. The fraction of sp³-hybridized carbons (Fsp3) is 0.583. The normalized spacial score (nSPS) is 11.7. The Morgan fingerprint density at radius 3 is 2.62 bits per heavy atom. The second-order valence-electron chi connectivity index (χ2n) is 4.32. The molecule has 0 fully saturated rings. The van der Waals surface area contributed by atoms with Crippen LogP contribution < -0.4 is 0 Å². The Hall–Kier alpha value is -0.850. The number of aryl methyl sites for hydroxylation is 1. The number of hydrogen-bond donors (Lipinski definition) is 0. The molecule has 0 aliphatic heterocycles. The van der Waals surface area contributed by atoms with Crippen molar-refractivity contribution in [3.8, 4) is 0 Å². The van der Waals surface area contributed by atoms with E-state index in [0.29, 0.717) is 5.41 Å². The summed E-state index contributed by atoms with van der Waals surface area (Å²) in [5, 5.41) is 0. The van der Waals surface area contributed by atoms with Crippen LogP contribution in [0.1, 0.15) is 44.7 Å². The van der Waals surface area contributed by atoms with Crippen molar-refractivity contribution in [1.29, 1.82) is 0 Å². The summed E-state index contributed by atoms with van der Waals surface area (Å²) in [6, 6.07) is 2.14. The van der Waals surface area contributed by atoms with Crippen LogP contribution in [-0.2, 0) is 5.41 Å². The van der Waals surface area contributed by atoms with Gasteiger partial charge in [-0.3, -0.25) is 4.98 Å². The predicted molar refractivity (Wildman–Crippen MR) is 56.9 cm³/mol. The van der Waals surface area contributed by atoms with Gasteiger partial charge in [0.1, 0.15) is 0 Å². The molecule has 0 aliphatic rings. The third-order valence-corrected chi connectivity index (χ3v) is 2.62. The van der Waals surface area contributed by atoms with Crippen LogP contribution in [0.2, 0.25) is 0 Å². The molecular formula is C12H19N. The van der Waals surface area contributed by atoms with Gasteiger partial charge >= 0.3 is 0 Å². The van der Waals surface area contributed by atoms with E-state index in [2.05, 4.69) is 38.7 Å². The molecule has 1 nitrogen and oxygen atoms in total. The molecular weight excluding hydrogens is 158 g/mol. The summed E-state index contributed by atoms with van der Waals surface area (Å²) in [7, 11) is 0. The summed E-state index contributed by atoms with van der Waals surface area (Å²) in [5.41, 5.74) is 3.03. The van der Waals surface area contributed by atoms with Crippen LogP contribution in [0.3, 0.4) is 0 Å². The Kier molecular flexibility index (Phi) is 3.07. The maximum atomic E-state index is 4.12. The predicted octanol–water partition coefficient (Wildman–Crippen LogP) is 3.47. The molecule has 1 rings (SSSR count). The second kappa shape index (κ2) is 3.91. The molecule has 0 aliphatic carbocycles. The van der Waals surface area contributed by atoms with Gasteiger partial charge in [0.15, 0.2) is 0 Å². The quantitative estimate of drug-likeness (QED) is 0.689. The molecule has 1 aromatic heterocycles. The van der Waals surface area contributed by atoms with Crippen LogP contribution in [0.5, 0.6) is 0 Å². The van der Waals surface area contributed by atoms with Gasteiger partial charge in [-0.05, 0) is 36.0 Å². The Labute approximate surface area is 81.2 Å². The van der Waals surface area contributed by atoms with Crippen molar-refractivity contribution in [2.75, 3.05) is 0 Å². The number of aromatic nitrogens is 1. The Morgan fingerprint density at radius 2 is 2.08 bits per heavy atom. The van der Waals surface area contributed by atoms with Crippen molar-refractivity contribution in [3.63, 3.8) is 0 Å². The summed E-state index contributed by atoms with van der Waals surface area (Å²) in [4.78, 5) is 4.12. The van der Waals surface area contributed by atoms with Crippen LogP contribution in [0.4, 0.5) is 0 Å². The van der Waals surface area contributed by atoms with Gasteiger partial charge < -0.3 is 0 Å². The summed E-state index contributed by atoms with van der Waals surface area (Å²) in [6.07, 6.45) is 6.30. The fourth-order valence-electron chi connectivity index (χ4n) is 1.99. The molecule has 0 bridgehead atoms. The molecule has 0 amide bonds. The number of hydrogen-bond acceptors (Lipinski definition) is 1. The number of pyridine rings is 1. The van der Waals surface area contributed by atoms with Gasteiger partial charge in [0.25, 0.3) is 0 Å². The molecule has 0 saturated heterocycles. The highest BCUT2D eigenvalue weighted by Gasteiger charge is 2.20. The van der Waals surface area contributed by atoms with E-state index < -0.39 is 0 Å². The molecule has 0 atom stereocenters. The minimum Gasteiger partial charge on any atom is -0.264 e. The van der Waals surface area contributed by atoms with Gasteiger partial charge in [-0.2, -0.15) is 0 Å². The zero-order valence-corrected chi connectivity index (χ0v) is 9.09. The van der Waals surface area contributed by atoms with Crippen LogP contribution in [-0.4, -0.2) is 4.98 Å². The average Bonchev–Trinajstić information content (AvgIpc) is 2.04. The molecule has 0 N–H and O–H groups in total. The average molecular weight is 177 g/mol. The maximum absolute atomic E-state index is 4.12. The topological polar surface area (TPSA) is 12.9 Å². The van der Waals surface area contributed by atoms with Crippen molar-refractivity contribution in [2.45, 2.75) is 46.0 Å². The second-order valence-corrected chi connectivity index (χ2v) is 4.32. The smallest absolute Gasteiger partial charge is 0.0299 e. The fourth-order valence-corrected chi connectivity index (χ4v) is 1.99. The Bertz CT molecular complexity index is 276. The highest BCUT2D eigenvalue weighted by molar-refractivity contribution is 5.29. The van der Waals surface area contributed by atoms with E-state index in [1.807, 2.05) is 12.4 Å². The minimum absolute atomic E-state index is 0.293. The van der Waals surface area contributed by atoms with E-state index in [9.17, 15) is 0 Å². The van der Waals surface area contributed by atoms with Gasteiger partial charge in [0.05, 0.1) is 0 Å². The summed E-state index contributed by atoms with van der Waals surface area (Å²) in [5.74, 6) is 0. The largest absolute Gasteiger partial charge is 0.264 e. The molecule has 0 radical (unpaired) electrons. The monoisotopic (exact) mass is 177 g/mol. The summed E-state index contributed by atoms with van der Waals surface area (Å²) < 4.78 is 0. The lowest BCUT2D eigenvalue weighted by Crippen LogP contribution is -2.18. The third kappa shape index (κ3) is 2.30. The van der Waals surface area contributed by atoms with Crippen LogP contribution in [0.25, 0.3) is 0 Å². The first-order chi connectivity index (χ1) is 6.08. The molecule has 0 saturated carbocycles. The Balaban J connectivity index is 2.99. The zero-order chi connectivity index (χ0) is 9.90. The lowest BCUT2D eigenvalue weighted by molar-refractivity contribution is 0.470. The van der Waals surface area contributed by atoms with Gasteiger partial charge in [-0.25, -0.2) is 0 Å². The van der Waals surface area contributed by atoms with E-state index >= 15 is 0 Å². The molecule has 1 aromatic rings. The van der Waals surface area contributed by atoms with Crippen LogP contribution >= 0.6 is 0 Å².